The van der Waals surface area contributed by atoms with Gasteiger partial charge in [-0.25, -0.2) is 5.48 Å². The van der Waals surface area contributed by atoms with Crippen molar-refractivity contribution in [1.82, 2.24) is 10.8 Å². The lowest BCUT2D eigenvalue weighted by Gasteiger charge is -2.14. The standard InChI is InChI=1S/C20H19N3O2.CH4/c21-14-19(20(24)23-25)22-15-18-12-10-17(11-13-18)9-5-4-8-16-6-2-1-3-7-16;/h1-3,6-7,10-13,19,22,25H,14-15,21H2,(H,23,24);1H4/t19-;/m0./s1. The van der Waals surface area contributed by atoms with Gasteiger partial charge in [-0.3, -0.25) is 10.0 Å². The van der Waals surface area contributed by atoms with Crippen LogP contribution in [0.1, 0.15) is 24.1 Å². The summed E-state index contributed by atoms with van der Waals surface area (Å²) >= 11 is 0. The maximum atomic E-state index is 11.3. The molecule has 0 radical (unpaired) electrons. The molecule has 0 heterocycles. The molecule has 0 saturated carbocycles. The van der Waals surface area contributed by atoms with Gasteiger partial charge in [-0.05, 0) is 41.7 Å². The van der Waals surface area contributed by atoms with Crippen molar-refractivity contribution in [2.45, 2.75) is 20.0 Å². The number of benzene rings is 2. The minimum absolute atomic E-state index is 0. The van der Waals surface area contributed by atoms with Crippen molar-refractivity contribution in [3.05, 3.63) is 71.3 Å². The summed E-state index contributed by atoms with van der Waals surface area (Å²) < 4.78 is 0. The molecule has 1 atom stereocenters. The van der Waals surface area contributed by atoms with E-state index in [-0.39, 0.29) is 14.0 Å². The fraction of sp³-hybridized carbons (Fsp3) is 0.190. The molecule has 0 aromatic heterocycles. The number of rotatable bonds is 5. The number of nitrogens with two attached hydrogens (primary N) is 1. The third-order valence-electron chi connectivity index (χ3n) is 3.42. The van der Waals surface area contributed by atoms with E-state index in [1.165, 1.54) is 0 Å². The van der Waals surface area contributed by atoms with E-state index < -0.39 is 11.9 Å². The molecule has 134 valence electrons. The Balaban J connectivity index is 0.00000338. The summed E-state index contributed by atoms with van der Waals surface area (Å²) in [6, 6.07) is 16.6. The van der Waals surface area contributed by atoms with Gasteiger partial charge in [0.2, 0.25) is 0 Å². The zero-order chi connectivity index (χ0) is 17.9. The van der Waals surface area contributed by atoms with Crippen LogP contribution in [0.3, 0.4) is 0 Å². The molecule has 0 unspecified atom stereocenters. The molecule has 2 aromatic rings. The first kappa shape index (κ1) is 21.0. The molecule has 0 bridgehead atoms. The average molecular weight is 349 g/mol. The highest BCUT2D eigenvalue weighted by molar-refractivity contribution is 5.80. The van der Waals surface area contributed by atoms with Gasteiger partial charge in [0.15, 0.2) is 0 Å². The fourth-order valence-electron chi connectivity index (χ4n) is 2.04. The van der Waals surface area contributed by atoms with Gasteiger partial charge in [0.25, 0.3) is 5.91 Å². The Morgan fingerprint density at radius 3 is 2.12 bits per heavy atom. The van der Waals surface area contributed by atoms with Crippen LogP contribution in [0, 0.1) is 23.7 Å². The zero-order valence-electron chi connectivity index (χ0n) is 13.6. The van der Waals surface area contributed by atoms with E-state index in [1.54, 1.807) is 5.48 Å². The molecule has 2 aromatic carbocycles. The summed E-state index contributed by atoms with van der Waals surface area (Å²) in [7, 11) is 0. The number of hydrogen-bond acceptors (Lipinski definition) is 4. The van der Waals surface area contributed by atoms with Crippen LogP contribution in [0.5, 0.6) is 0 Å². The van der Waals surface area contributed by atoms with Crippen molar-refractivity contribution in [3.63, 3.8) is 0 Å². The Kier molecular flexibility index (Phi) is 9.24. The lowest BCUT2D eigenvalue weighted by atomic mass is 10.1. The first-order chi connectivity index (χ1) is 12.2. The molecule has 5 heteroatoms. The van der Waals surface area contributed by atoms with Crippen LogP contribution in [0.2, 0.25) is 0 Å². The molecule has 26 heavy (non-hydrogen) atoms. The van der Waals surface area contributed by atoms with Crippen molar-refractivity contribution < 1.29 is 10.0 Å². The van der Waals surface area contributed by atoms with E-state index in [2.05, 4.69) is 29.0 Å². The molecule has 0 fully saturated rings. The number of carbonyl (C=O) groups excluding carboxylic acids is 1. The number of carbonyl (C=O) groups is 1. The molecule has 0 aliphatic heterocycles. The molecule has 1 amide bonds. The number of hydrogen-bond donors (Lipinski definition) is 4. The minimum Gasteiger partial charge on any atom is -0.328 e. The lowest BCUT2D eigenvalue weighted by Crippen LogP contribution is -2.47. The van der Waals surface area contributed by atoms with Gasteiger partial charge in [0.05, 0.1) is 0 Å². The zero-order valence-corrected chi connectivity index (χ0v) is 13.6. The molecule has 5 N–H and O–H groups in total. The molecule has 0 aliphatic rings. The van der Waals surface area contributed by atoms with E-state index in [1.807, 2.05) is 54.6 Å². The normalized spacial score (nSPS) is 10.2. The van der Waals surface area contributed by atoms with E-state index in [9.17, 15) is 4.79 Å². The Hall–Kier alpha value is -3.09. The SMILES string of the molecule is C.NC[C@H](NCc1ccc(C#CC#Cc2ccccc2)cc1)C(=O)NO. The average Bonchev–Trinajstić information content (AvgIpc) is 2.67. The van der Waals surface area contributed by atoms with Crippen LogP contribution in [-0.4, -0.2) is 23.7 Å². The Morgan fingerprint density at radius 1 is 1.00 bits per heavy atom. The molecule has 0 saturated heterocycles. The number of amides is 1. The van der Waals surface area contributed by atoms with Crippen molar-refractivity contribution in [2.24, 2.45) is 5.73 Å². The first-order valence-electron chi connectivity index (χ1n) is 7.76. The molecular weight excluding hydrogens is 326 g/mol. The van der Waals surface area contributed by atoms with Gasteiger partial charge in [0.1, 0.15) is 6.04 Å². The van der Waals surface area contributed by atoms with Crippen LogP contribution in [0.25, 0.3) is 0 Å². The summed E-state index contributed by atoms with van der Waals surface area (Å²) in [5.41, 5.74) is 9.83. The van der Waals surface area contributed by atoms with Gasteiger partial charge in [-0.15, -0.1) is 0 Å². The Bertz CT molecular complexity index is 810. The summed E-state index contributed by atoms with van der Waals surface area (Å²) in [4.78, 5) is 11.3. The molecule has 5 nitrogen and oxygen atoms in total. The van der Waals surface area contributed by atoms with E-state index in [0.717, 1.165) is 16.7 Å². The van der Waals surface area contributed by atoms with Crippen LogP contribution in [-0.2, 0) is 11.3 Å². The van der Waals surface area contributed by atoms with Crippen molar-refractivity contribution in [2.75, 3.05) is 6.54 Å². The highest BCUT2D eigenvalue weighted by atomic mass is 16.5. The largest absolute Gasteiger partial charge is 0.328 e. The molecule has 0 aliphatic carbocycles. The second kappa shape index (κ2) is 11.5. The first-order valence-corrected chi connectivity index (χ1v) is 7.76. The van der Waals surface area contributed by atoms with Crippen LogP contribution < -0.4 is 16.5 Å². The highest BCUT2D eigenvalue weighted by Crippen LogP contribution is 2.03. The lowest BCUT2D eigenvalue weighted by molar-refractivity contribution is -0.131. The monoisotopic (exact) mass is 349 g/mol. The summed E-state index contributed by atoms with van der Waals surface area (Å²) in [5, 5.41) is 11.6. The van der Waals surface area contributed by atoms with E-state index in [0.29, 0.717) is 6.54 Å². The van der Waals surface area contributed by atoms with Gasteiger partial charge >= 0.3 is 0 Å². The minimum atomic E-state index is -0.641. The smallest absolute Gasteiger partial charge is 0.261 e. The van der Waals surface area contributed by atoms with Crippen molar-refractivity contribution in [1.29, 1.82) is 0 Å². The Labute approximate surface area is 154 Å². The Morgan fingerprint density at radius 2 is 1.58 bits per heavy atom. The van der Waals surface area contributed by atoms with Crippen LogP contribution in [0.4, 0.5) is 0 Å². The predicted octanol–water partition coefficient (Wildman–Crippen LogP) is 1.65. The maximum absolute atomic E-state index is 11.3. The van der Waals surface area contributed by atoms with E-state index in [4.69, 9.17) is 10.9 Å². The van der Waals surface area contributed by atoms with Gasteiger partial charge in [-0.1, -0.05) is 49.6 Å². The highest BCUT2D eigenvalue weighted by Gasteiger charge is 2.14. The van der Waals surface area contributed by atoms with Gasteiger partial charge in [0, 0.05) is 24.2 Å². The summed E-state index contributed by atoms with van der Waals surface area (Å²) in [6.07, 6.45) is 0. The summed E-state index contributed by atoms with van der Waals surface area (Å²) in [5.74, 6) is 11.1. The van der Waals surface area contributed by atoms with Crippen LogP contribution >= 0.6 is 0 Å². The summed E-state index contributed by atoms with van der Waals surface area (Å²) in [6.45, 7) is 0.548. The molecule has 0 spiro atoms. The maximum Gasteiger partial charge on any atom is 0.261 e. The second-order valence-corrected chi connectivity index (χ2v) is 5.21. The van der Waals surface area contributed by atoms with Crippen molar-refractivity contribution in [3.8, 4) is 23.7 Å². The van der Waals surface area contributed by atoms with E-state index >= 15 is 0 Å². The topological polar surface area (TPSA) is 87.4 Å². The van der Waals surface area contributed by atoms with Gasteiger partial charge in [-0.2, -0.15) is 0 Å². The third kappa shape index (κ3) is 6.80. The van der Waals surface area contributed by atoms with Crippen LogP contribution in [0.15, 0.2) is 54.6 Å². The number of nitrogens with one attached hydrogen (secondary N) is 2. The molecular formula is C21H23N3O2. The molecule has 2 rings (SSSR count). The predicted molar refractivity (Wildman–Crippen MR) is 103 cm³/mol. The quantitative estimate of drug-likeness (QED) is 0.375. The van der Waals surface area contributed by atoms with Gasteiger partial charge < -0.3 is 11.1 Å². The van der Waals surface area contributed by atoms with Crippen molar-refractivity contribution >= 4 is 5.91 Å². The fourth-order valence-corrected chi connectivity index (χ4v) is 2.04. The number of hydroxylamine groups is 1. The third-order valence-corrected chi connectivity index (χ3v) is 3.42. The second-order valence-electron chi connectivity index (χ2n) is 5.21.